The van der Waals surface area contributed by atoms with Crippen LogP contribution in [0.4, 0.5) is 0 Å². The molecule has 0 saturated carbocycles. The fourth-order valence-electron chi connectivity index (χ4n) is 2.32. The number of rotatable bonds is 17. The van der Waals surface area contributed by atoms with Crippen LogP contribution in [0.15, 0.2) is 60.8 Å². The van der Waals surface area contributed by atoms with E-state index in [1.165, 1.54) is 0 Å². The molecule has 0 aromatic carbocycles. The molecule has 0 aliphatic heterocycles. The van der Waals surface area contributed by atoms with E-state index in [1.54, 1.807) is 0 Å². The predicted molar refractivity (Wildman–Crippen MR) is 125 cm³/mol. The number of hydrogen-bond acceptors (Lipinski definition) is 2. The van der Waals surface area contributed by atoms with Gasteiger partial charge in [-0.1, -0.05) is 74.6 Å². The monoisotopic (exact) mass is 416 g/mol. The Hall–Kier alpha value is -0.610. The van der Waals surface area contributed by atoms with E-state index >= 15 is 0 Å². The number of allylic oxidation sites excluding steroid dienone is 10. The molecular weight excluding hydrogens is 376 g/mol. The summed E-state index contributed by atoms with van der Waals surface area (Å²) in [7, 11) is 0. The van der Waals surface area contributed by atoms with Gasteiger partial charge in [0.15, 0.2) is 6.10 Å². The average Bonchev–Trinajstić information content (AvgIpc) is 2.66. The SMILES string of the molecule is CCC=CCC=CCC=CCC=CCC=CCCCCOC(CC)C(=O)O.[CaH2]. The van der Waals surface area contributed by atoms with Crippen LogP contribution in [-0.2, 0) is 9.53 Å². The Morgan fingerprint density at radius 2 is 1.25 bits per heavy atom. The molecule has 1 N–H and O–H groups in total. The summed E-state index contributed by atoms with van der Waals surface area (Å²) in [6.07, 6.45) is 29.9. The number of carboxylic acids is 1. The van der Waals surface area contributed by atoms with Gasteiger partial charge in [-0.3, -0.25) is 0 Å². The predicted octanol–water partition coefficient (Wildman–Crippen LogP) is 5.87. The molecule has 1 atom stereocenters. The number of unbranched alkanes of at least 4 members (excludes halogenated alkanes) is 2. The fraction of sp³-hybridized carbons (Fsp3) is 0.542. The molecule has 0 bridgehead atoms. The Kier molecular flexibility index (Phi) is 25.8. The molecule has 0 aromatic heterocycles. The third-order valence-corrected chi connectivity index (χ3v) is 3.89. The number of hydrogen-bond donors (Lipinski definition) is 1. The molecule has 4 heteroatoms. The molecule has 0 amide bonds. The van der Waals surface area contributed by atoms with Crippen molar-refractivity contribution in [3.05, 3.63) is 60.8 Å². The zero-order valence-electron chi connectivity index (χ0n) is 17.2. The summed E-state index contributed by atoms with van der Waals surface area (Å²) >= 11 is 0. The van der Waals surface area contributed by atoms with Gasteiger partial charge >= 0.3 is 43.7 Å². The Balaban J connectivity index is 0. The van der Waals surface area contributed by atoms with Gasteiger partial charge in [-0.2, -0.15) is 0 Å². The van der Waals surface area contributed by atoms with Crippen LogP contribution < -0.4 is 0 Å². The van der Waals surface area contributed by atoms with E-state index in [0.29, 0.717) is 13.0 Å². The van der Waals surface area contributed by atoms with Crippen molar-refractivity contribution in [3.8, 4) is 0 Å². The van der Waals surface area contributed by atoms with E-state index < -0.39 is 12.1 Å². The number of ether oxygens (including phenoxy) is 1. The van der Waals surface area contributed by atoms with Gasteiger partial charge in [-0.05, 0) is 57.8 Å². The van der Waals surface area contributed by atoms with Gasteiger partial charge in [-0.15, -0.1) is 0 Å². The molecule has 156 valence electrons. The molecule has 0 heterocycles. The molecule has 0 spiro atoms. The second-order valence-electron chi connectivity index (χ2n) is 6.31. The minimum atomic E-state index is -0.865. The number of carboxylic acid groups (broad SMARTS) is 1. The van der Waals surface area contributed by atoms with Crippen molar-refractivity contribution in [2.24, 2.45) is 0 Å². The minimum absolute atomic E-state index is 0. The molecule has 1 unspecified atom stereocenters. The molecule has 3 nitrogen and oxygen atoms in total. The van der Waals surface area contributed by atoms with Gasteiger partial charge < -0.3 is 9.84 Å². The molecule has 0 saturated heterocycles. The zero-order valence-corrected chi connectivity index (χ0v) is 17.2. The van der Waals surface area contributed by atoms with Crippen LogP contribution in [0.1, 0.15) is 71.6 Å². The van der Waals surface area contributed by atoms with Crippen LogP contribution in [0.5, 0.6) is 0 Å². The van der Waals surface area contributed by atoms with Crippen molar-refractivity contribution in [2.45, 2.75) is 77.7 Å². The van der Waals surface area contributed by atoms with E-state index in [4.69, 9.17) is 9.84 Å². The summed E-state index contributed by atoms with van der Waals surface area (Å²) in [5, 5.41) is 8.87. The Bertz CT molecular complexity index is 490. The van der Waals surface area contributed by atoms with E-state index in [2.05, 4.69) is 67.7 Å². The van der Waals surface area contributed by atoms with Crippen LogP contribution in [0.2, 0.25) is 0 Å². The molecule has 0 aliphatic carbocycles. The average molecular weight is 417 g/mol. The normalized spacial score (nSPS) is 13.4. The van der Waals surface area contributed by atoms with Crippen LogP contribution in [0, 0.1) is 0 Å². The summed E-state index contributed by atoms with van der Waals surface area (Å²) < 4.78 is 5.33. The van der Waals surface area contributed by atoms with Crippen molar-refractivity contribution in [1.29, 1.82) is 0 Å². The Morgan fingerprint density at radius 3 is 1.68 bits per heavy atom. The van der Waals surface area contributed by atoms with E-state index in [-0.39, 0.29) is 37.7 Å². The summed E-state index contributed by atoms with van der Waals surface area (Å²) in [6.45, 7) is 4.50. The Labute approximate surface area is 202 Å². The summed E-state index contributed by atoms with van der Waals surface area (Å²) in [4.78, 5) is 10.8. The molecule has 0 fully saturated rings. The van der Waals surface area contributed by atoms with E-state index in [9.17, 15) is 4.79 Å². The molecule has 0 rings (SSSR count). The van der Waals surface area contributed by atoms with Gasteiger partial charge in [0.2, 0.25) is 0 Å². The van der Waals surface area contributed by atoms with Crippen LogP contribution in [0.25, 0.3) is 0 Å². The summed E-state index contributed by atoms with van der Waals surface area (Å²) in [5.74, 6) is -0.865. The standard InChI is InChI=1S/C24H38O3.Ca.2H/c1-3-5-6-7-8-9-10-11-12-13-14-15-16-17-18-19-20-21-22-27-23(4-2)24(25)26;;;/h5-6,8-9,11-12,14-15,17-18,23H,3-4,7,10,13,16,19-22H2,1-2H3,(H,25,26);;;. The fourth-order valence-corrected chi connectivity index (χ4v) is 2.32. The molecule has 0 aliphatic rings. The quantitative estimate of drug-likeness (QED) is 0.183. The maximum atomic E-state index is 10.8. The van der Waals surface area contributed by atoms with E-state index in [1.807, 2.05) is 6.92 Å². The van der Waals surface area contributed by atoms with Crippen molar-refractivity contribution < 1.29 is 14.6 Å². The first kappa shape index (κ1) is 29.6. The molecular formula is C24H40CaO3. The Morgan fingerprint density at radius 1 is 0.786 bits per heavy atom. The zero-order chi connectivity index (χ0) is 20.0. The topological polar surface area (TPSA) is 46.5 Å². The molecule has 0 radical (unpaired) electrons. The van der Waals surface area contributed by atoms with Gasteiger partial charge in [0.25, 0.3) is 0 Å². The molecule has 0 aromatic rings. The number of carbonyl (C=O) groups is 1. The van der Waals surface area contributed by atoms with Crippen molar-refractivity contribution in [2.75, 3.05) is 6.61 Å². The van der Waals surface area contributed by atoms with Gasteiger partial charge in [-0.25, -0.2) is 4.79 Å². The summed E-state index contributed by atoms with van der Waals surface area (Å²) in [5.41, 5.74) is 0. The third kappa shape index (κ3) is 21.7. The van der Waals surface area contributed by atoms with Crippen LogP contribution in [0.3, 0.4) is 0 Å². The van der Waals surface area contributed by atoms with Gasteiger partial charge in [0, 0.05) is 6.61 Å². The summed E-state index contributed by atoms with van der Waals surface area (Å²) in [6, 6.07) is 0. The first-order valence-electron chi connectivity index (χ1n) is 10.3. The van der Waals surface area contributed by atoms with Gasteiger partial charge in [0.1, 0.15) is 0 Å². The van der Waals surface area contributed by atoms with Crippen molar-refractivity contribution >= 4 is 43.7 Å². The molecule has 28 heavy (non-hydrogen) atoms. The van der Waals surface area contributed by atoms with Crippen molar-refractivity contribution in [3.63, 3.8) is 0 Å². The van der Waals surface area contributed by atoms with Crippen LogP contribution >= 0.6 is 0 Å². The van der Waals surface area contributed by atoms with Gasteiger partial charge in [0.05, 0.1) is 0 Å². The second kappa shape index (κ2) is 24.4. The third-order valence-electron chi connectivity index (χ3n) is 3.89. The van der Waals surface area contributed by atoms with Crippen LogP contribution in [-0.4, -0.2) is 61.5 Å². The first-order valence-corrected chi connectivity index (χ1v) is 10.3. The van der Waals surface area contributed by atoms with Crippen molar-refractivity contribution in [1.82, 2.24) is 0 Å². The first-order chi connectivity index (χ1) is 13.2. The number of aliphatic carboxylic acids is 1. The van der Waals surface area contributed by atoms with E-state index in [0.717, 1.165) is 51.4 Å². The second-order valence-corrected chi connectivity index (χ2v) is 6.31. The maximum absolute atomic E-state index is 10.8.